The van der Waals surface area contributed by atoms with Gasteiger partial charge in [0, 0.05) is 12.6 Å². The standard InChI is InChI=1S/C12H24N2O2/c1-13-8-9-16-10-12(15)14-11-6-4-2-3-5-7-11/h11,13H,2-10H2,1H3,(H,14,15). The van der Waals surface area contributed by atoms with Crippen molar-refractivity contribution in [3.63, 3.8) is 0 Å². The molecule has 1 amide bonds. The second kappa shape index (κ2) is 8.53. The lowest BCUT2D eigenvalue weighted by Gasteiger charge is -2.16. The molecule has 0 spiro atoms. The van der Waals surface area contributed by atoms with E-state index in [9.17, 15) is 4.79 Å². The summed E-state index contributed by atoms with van der Waals surface area (Å²) in [5, 5.41) is 6.03. The number of carbonyl (C=O) groups excluding carboxylic acids is 1. The van der Waals surface area contributed by atoms with Gasteiger partial charge in [0.2, 0.25) is 5.91 Å². The molecule has 0 aromatic rings. The molecule has 4 heteroatoms. The molecule has 4 nitrogen and oxygen atoms in total. The Bertz CT molecular complexity index is 189. The lowest BCUT2D eigenvalue weighted by molar-refractivity contribution is -0.126. The van der Waals surface area contributed by atoms with E-state index in [0.717, 1.165) is 19.4 Å². The normalized spacial score (nSPS) is 18.1. The maximum Gasteiger partial charge on any atom is 0.246 e. The van der Waals surface area contributed by atoms with Gasteiger partial charge in [0.15, 0.2) is 0 Å². The van der Waals surface area contributed by atoms with E-state index in [4.69, 9.17) is 4.74 Å². The van der Waals surface area contributed by atoms with Crippen LogP contribution in [0.4, 0.5) is 0 Å². The molecule has 16 heavy (non-hydrogen) atoms. The van der Waals surface area contributed by atoms with Crippen molar-refractivity contribution in [3.05, 3.63) is 0 Å². The Morgan fingerprint density at radius 2 is 1.94 bits per heavy atom. The van der Waals surface area contributed by atoms with E-state index in [0.29, 0.717) is 12.6 Å². The van der Waals surface area contributed by atoms with E-state index < -0.39 is 0 Å². The number of carbonyl (C=O) groups is 1. The van der Waals surface area contributed by atoms with Crippen molar-refractivity contribution in [2.24, 2.45) is 0 Å². The summed E-state index contributed by atoms with van der Waals surface area (Å²) in [7, 11) is 1.87. The third-order valence-electron chi connectivity index (χ3n) is 2.95. The zero-order valence-corrected chi connectivity index (χ0v) is 10.3. The molecule has 1 saturated carbocycles. The molecule has 0 bridgehead atoms. The van der Waals surface area contributed by atoms with E-state index in [-0.39, 0.29) is 12.5 Å². The fourth-order valence-electron chi connectivity index (χ4n) is 2.03. The lowest BCUT2D eigenvalue weighted by atomic mass is 10.1. The van der Waals surface area contributed by atoms with E-state index in [1.54, 1.807) is 0 Å². The van der Waals surface area contributed by atoms with Gasteiger partial charge in [-0.15, -0.1) is 0 Å². The van der Waals surface area contributed by atoms with Crippen molar-refractivity contribution >= 4 is 5.91 Å². The zero-order valence-electron chi connectivity index (χ0n) is 10.3. The maximum absolute atomic E-state index is 11.5. The third-order valence-corrected chi connectivity index (χ3v) is 2.95. The fraction of sp³-hybridized carbons (Fsp3) is 0.917. The molecule has 0 aromatic heterocycles. The van der Waals surface area contributed by atoms with Crippen LogP contribution in [-0.2, 0) is 9.53 Å². The summed E-state index contributed by atoms with van der Waals surface area (Å²) in [5.74, 6) is 0.0306. The third kappa shape index (κ3) is 6.08. The highest BCUT2D eigenvalue weighted by molar-refractivity contribution is 5.77. The van der Waals surface area contributed by atoms with Crippen molar-refractivity contribution in [3.8, 4) is 0 Å². The predicted molar refractivity (Wildman–Crippen MR) is 64.4 cm³/mol. The molecule has 2 N–H and O–H groups in total. The summed E-state index contributed by atoms with van der Waals surface area (Å²) in [4.78, 5) is 11.5. The van der Waals surface area contributed by atoms with Gasteiger partial charge in [0.1, 0.15) is 6.61 Å². The number of likely N-dealkylation sites (N-methyl/N-ethyl adjacent to an activating group) is 1. The van der Waals surface area contributed by atoms with Crippen LogP contribution < -0.4 is 10.6 Å². The molecule has 0 unspecified atom stereocenters. The average Bonchev–Trinajstić information content (AvgIpc) is 2.53. The van der Waals surface area contributed by atoms with E-state index in [1.807, 2.05) is 7.05 Å². The van der Waals surface area contributed by atoms with Gasteiger partial charge in [0.25, 0.3) is 0 Å². The molecule has 0 atom stereocenters. The number of rotatable bonds is 6. The highest BCUT2D eigenvalue weighted by Gasteiger charge is 2.14. The highest BCUT2D eigenvalue weighted by atomic mass is 16.5. The van der Waals surface area contributed by atoms with Gasteiger partial charge in [-0.3, -0.25) is 4.79 Å². The molecular weight excluding hydrogens is 204 g/mol. The molecule has 1 aliphatic rings. The SMILES string of the molecule is CNCCOCC(=O)NC1CCCCCC1. The van der Waals surface area contributed by atoms with Gasteiger partial charge >= 0.3 is 0 Å². The fourth-order valence-corrected chi connectivity index (χ4v) is 2.03. The van der Waals surface area contributed by atoms with Gasteiger partial charge in [-0.2, -0.15) is 0 Å². The van der Waals surface area contributed by atoms with Gasteiger partial charge in [-0.05, 0) is 19.9 Å². The van der Waals surface area contributed by atoms with Gasteiger partial charge in [-0.1, -0.05) is 25.7 Å². The first-order chi connectivity index (χ1) is 7.83. The molecule has 94 valence electrons. The van der Waals surface area contributed by atoms with Crippen LogP contribution in [0.1, 0.15) is 38.5 Å². The minimum Gasteiger partial charge on any atom is -0.370 e. The minimum absolute atomic E-state index is 0.0306. The summed E-state index contributed by atoms with van der Waals surface area (Å²) in [6.07, 6.45) is 7.36. The average molecular weight is 228 g/mol. The second-order valence-electron chi connectivity index (χ2n) is 4.41. The van der Waals surface area contributed by atoms with Crippen LogP contribution in [-0.4, -0.2) is 38.8 Å². The van der Waals surface area contributed by atoms with Crippen LogP contribution in [0.15, 0.2) is 0 Å². The van der Waals surface area contributed by atoms with Crippen LogP contribution in [0.3, 0.4) is 0 Å². The first-order valence-corrected chi connectivity index (χ1v) is 6.34. The minimum atomic E-state index is 0.0306. The van der Waals surface area contributed by atoms with Gasteiger partial charge < -0.3 is 15.4 Å². The molecule has 0 aromatic carbocycles. The van der Waals surface area contributed by atoms with Crippen molar-refractivity contribution < 1.29 is 9.53 Å². The molecule has 1 rings (SSSR count). The first-order valence-electron chi connectivity index (χ1n) is 6.34. The number of ether oxygens (including phenoxy) is 1. The predicted octanol–water partition coefficient (Wildman–Crippen LogP) is 1.06. The summed E-state index contributed by atoms with van der Waals surface area (Å²) in [5.41, 5.74) is 0. The van der Waals surface area contributed by atoms with E-state index >= 15 is 0 Å². The quantitative estimate of drug-likeness (QED) is 0.528. The van der Waals surface area contributed by atoms with E-state index in [1.165, 1.54) is 25.7 Å². The Labute approximate surface area is 98.1 Å². The monoisotopic (exact) mass is 228 g/mol. The van der Waals surface area contributed by atoms with Crippen LogP contribution in [0.5, 0.6) is 0 Å². The topological polar surface area (TPSA) is 50.4 Å². The smallest absolute Gasteiger partial charge is 0.246 e. The van der Waals surface area contributed by atoms with Crippen molar-refractivity contribution in [1.82, 2.24) is 10.6 Å². The summed E-state index contributed by atoms with van der Waals surface area (Å²) < 4.78 is 5.23. The summed E-state index contributed by atoms with van der Waals surface area (Å²) >= 11 is 0. The molecular formula is C12H24N2O2. The molecule has 0 saturated heterocycles. The second-order valence-corrected chi connectivity index (χ2v) is 4.41. The largest absolute Gasteiger partial charge is 0.370 e. The number of hydrogen-bond donors (Lipinski definition) is 2. The Hall–Kier alpha value is -0.610. The summed E-state index contributed by atoms with van der Waals surface area (Å²) in [6.45, 7) is 1.57. The molecule has 0 aliphatic heterocycles. The van der Waals surface area contributed by atoms with Crippen molar-refractivity contribution in [2.75, 3.05) is 26.8 Å². The molecule has 1 fully saturated rings. The van der Waals surface area contributed by atoms with Crippen LogP contribution in [0.2, 0.25) is 0 Å². The Balaban J connectivity index is 2.07. The summed E-state index contributed by atoms with van der Waals surface area (Å²) in [6, 6.07) is 0.378. The highest BCUT2D eigenvalue weighted by Crippen LogP contribution is 2.16. The van der Waals surface area contributed by atoms with Crippen molar-refractivity contribution in [2.45, 2.75) is 44.6 Å². The number of amides is 1. The van der Waals surface area contributed by atoms with Crippen molar-refractivity contribution in [1.29, 1.82) is 0 Å². The van der Waals surface area contributed by atoms with Crippen LogP contribution in [0.25, 0.3) is 0 Å². The Morgan fingerprint density at radius 3 is 2.56 bits per heavy atom. The number of nitrogens with one attached hydrogen (secondary N) is 2. The van der Waals surface area contributed by atoms with Crippen LogP contribution in [0, 0.1) is 0 Å². The first kappa shape index (κ1) is 13.5. The zero-order chi connectivity index (χ0) is 11.6. The molecule has 0 radical (unpaired) electrons. The van der Waals surface area contributed by atoms with Crippen LogP contribution >= 0.6 is 0 Å². The van der Waals surface area contributed by atoms with Gasteiger partial charge in [0.05, 0.1) is 6.61 Å². The number of hydrogen-bond acceptors (Lipinski definition) is 3. The maximum atomic E-state index is 11.5. The molecule has 1 aliphatic carbocycles. The Morgan fingerprint density at radius 1 is 1.25 bits per heavy atom. The van der Waals surface area contributed by atoms with Gasteiger partial charge in [-0.25, -0.2) is 0 Å². The molecule has 0 heterocycles. The van der Waals surface area contributed by atoms with E-state index in [2.05, 4.69) is 10.6 Å². The Kier molecular flexibility index (Phi) is 7.17. The lowest BCUT2D eigenvalue weighted by Crippen LogP contribution is -2.37.